The zero-order valence-electron chi connectivity index (χ0n) is 11.8. The van der Waals surface area contributed by atoms with Crippen LogP contribution in [0.3, 0.4) is 0 Å². The van der Waals surface area contributed by atoms with Gasteiger partial charge in [-0.25, -0.2) is 0 Å². The molecule has 0 radical (unpaired) electrons. The highest BCUT2D eigenvalue weighted by atomic mass is 15.2. The fourth-order valence-electron chi connectivity index (χ4n) is 2.61. The first-order chi connectivity index (χ1) is 8.59. The lowest BCUT2D eigenvalue weighted by Gasteiger charge is -2.36. The number of nitrogens with zero attached hydrogens (tertiary/aromatic N) is 1. The molecular formula is C16H26N2. The Morgan fingerprint density at radius 2 is 1.78 bits per heavy atom. The van der Waals surface area contributed by atoms with Crippen LogP contribution in [0.5, 0.6) is 0 Å². The van der Waals surface area contributed by atoms with E-state index in [0.717, 1.165) is 5.92 Å². The molecule has 0 aliphatic heterocycles. The van der Waals surface area contributed by atoms with Crippen molar-refractivity contribution in [2.24, 2.45) is 11.7 Å². The first kappa shape index (κ1) is 13.6. The molecule has 2 heteroatoms. The van der Waals surface area contributed by atoms with Crippen molar-refractivity contribution in [3.05, 3.63) is 35.9 Å². The van der Waals surface area contributed by atoms with Crippen LogP contribution in [0.25, 0.3) is 0 Å². The Morgan fingerprint density at radius 1 is 1.17 bits per heavy atom. The quantitative estimate of drug-likeness (QED) is 0.835. The Labute approximate surface area is 111 Å². The third-order valence-corrected chi connectivity index (χ3v) is 4.06. The largest absolute Gasteiger partial charge is 0.323 e. The second-order valence-corrected chi connectivity index (χ2v) is 5.91. The van der Waals surface area contributed by atoms with Crippen LogP contribution in [0.4, 0.5) is 0 Å². The van der Waals surface area contributed by atoms with Crippen LogP contribution in [0, 0.1) is 5.92 Å². The maximum absolute atomic E-state index is 6.43. The highest BCUT2D eigenvalue weighted by molar-refractivity contribution is 5.20. The van der Waals surface area contributed by atoms with Crippen molar-refractivity contribution in [3.8, 4) is 0 Å². The van der Waals surface area contributed by atoms with Gasteiger partial charge in [-0.1, -0.05) is 30.3 Å². The van der Waals surface area contributed by atoms with Crippen molar-refractivity contribution < 1.29 is 0 Å². The van der Waals surface area contributed by atoms with E-state index >= 15 is 0 Å². The van der Waals surface area contributed by atoms with Crippen LogP contribution < -0.4 is 5.73 Å². The van der Waals surface area contributed by atoms with Crippen LogP contribution in [0.1, 0.15) is 45.2 Å². The third-order valence-electron chi connectivity index (χ3n) is 4.06. The normalized spacial score (nSPS) is 19.2. The highest BCUT2D eigenvalue weighted by Gasteiger charge is 2.30. The molecule has 2 rings (SSSR count). The van der Waals surface area contributed by atoms with Gasteiger partial charge in [0, 0.05) is 24.7 Å². The predicted molar refractivity (Wildman–Crippen MR) is 77.4 cm³/mol. The van der Waals surface area contributed by atoms with E-state index in [2.05, 4.69) is 49.9 Å². The molecule has 0 saturated heterocycles. The molecule has 0 spiro atoms. The minimum Gasteiger partial charge on any atom is -0.323 e. The van der Waals surface area contributed by atoms with E-state index in [9.17, 15) is 0 Å². The van der Waals surface area contributed by atoms with E-state index in [1.807, 2.05) is 6.07 Å². The molecule has 1 saturated carbocycles. The highest BCUT2D eigenvalue weighted by Crippen LogP contribution is 2.32. The van der Waals surface area contributed by atoms with Crippen molar-refractivity contribution in [1.82, 2.24) is 4.90 Å². The van der Waals surface area contributed by atoms with Crippen molar-refractivity contribution in [2.75, 3.05) is 6.54 Å². The second kappa shape index (κ2) is 5.85. The molecule has 1 fully saturated rings. The van der Waals surface area contributed by atoms with E-state index in [4.69, 9.17) is 5.73 Å². The van der Waals surface area contributed by atoms with Crippen molar-refractivity contribution in [2.45, 2.75) is 51.7 Å². The number of benzene rings is 1. The first-order valence-electron chi connectivity index (χ1n) is 7.16. The molecule has 18 heavy (non-hydrogen) atoms. The zero-order chi connectivity index (χ0) is 13.1. The summed E-state index contributed by atoms with van der Waals surface area (Å²) in [7, 11) is 0. The van der Waals surface area contributed by atoms with Gasteiger partial charge < -0.3 is 5.73 Å². The maximum atomic E-state index is 6.43. The summed E-state index contributed by atoms with van der Waals surface area (Å²) in [6.07, 6.45) is 2.80. The molecule has 1 aromatic rings. The Kier molecular flexibility index (Phi) is 4.41. The predicted octanol–water partition coefficient (Wildman–Crippen LogP) is 3.20. The lowest BCUT2D eigenvalue weighted by molar-refractivity contribution is 0.136. The molecule has 1 aromatic carbocycles. The number of hydrogen-bond acceptors (Lipinski definition) is 2. The van der Waals surface area contributed by atoms with Gasteiger partial charge in [-0.05, 0) is 45.1 Å². The fourth-order valence-corrected chi connectivity index (χ4v) is 2.61. The molecule has 2 unspecified atom stereocenters. The maximum Gasteiger partial charge on any atom is 0.0450 e. The summed E-state index contributed by atoms with van der Waals surface area (Å²) in [6.45, 7) is 8.02. The van der Waals surface area contributed by atoms with Gasteiger partial charge in [-0.2, -0.15) is 0 Å². The lowest BCUT2D eigenvalue weighted by atomic mass is 9.99. The Bertz CT molecular complexity index is 357. The SMILES string of the molecule is CC(C)N(CC1CC1)C(C)C(N)c1ccccc1. The van der Waals surface area contributed by atoms with Crippen molar-refractivity contribution in [1.29, 1.82) is 0 Å². The molecular weight excluding hydrogens is 220 g/mol. The summed E-state index contributed by atoms with van der Waals surface area (Å²) in [5, 5.41) is 0. The van der Waals surface area contributed by atoms with Gasteiger partial charge >= 0.3 is 0 Å². The van der Waals surface area contributed by atoms with E-state index in [0.29, 0.717) is 12.1 Å². The van der Waals surface area contributed by atoms with E-state index in [1.54, 1.807) is 0 Å². The molecule has 2 N–H and O–H groups in total. The Hall–Kier alpha value is -0.860. The summed E-state index contributed by atoms with van der Waals surface area (Å²) in [5.41, 5.74) is 7.67. The fraction of sp³-hybridized carbons (Fsp3) is 0.625. The molecule has 1 aliphatic rings. The van der Waals surface area contributed by atoms with Crippen LogP contribution in [0.15, 0.2) is 30.3 Å². The summed E-state index contributed by atoms with van der Waals surface area (Å²) < 4.78 is 0. The van der Waals surface area contributed by atoms with Crippen LogP contribution in [-0.2, 0) is 0 Å². The zero-order valence-corrected chi connectivity index (χ0v) is 11.8. The van der Waals surface area contributed by atoms with Crippen molar-refractivity contribution in [3.63, 3.8) is 0 Å². The molecule has 0 heterocycles. The van der Waals surface area contributed by atoms with Crippen LogP contribution in [0.2, 0.25) is 0 Å². The number of nitrogens with two attached hydrogens (primary N) is 1. The molecule has 0 bridgehead atoms. The molecule has 1 aliphatic carbocycles. The number of hydrogen-bond donors (Lipinski definition) is 1. The monoisotopic (exact) mass is 246 g/mol. The summed E-state index contributed by atoms with van der Waals surface area (Å²) in [6, 6.07) is 11.5. The van der Waals surface area contributed by atoms with Gasteiger partial charge in [0.05, 0.1) is 0 Å². The van der Waals surface area contributed by atoms with Crippen LogP contribution in [-0.4, -0.2) is 23.5 Å². The van der Waals surface area contributed by atoms with Crippen molar-refractivity contribution >= 4 is 0 Å². The summed E-state index contributed by atoms with van der Waals surface area (Å²) in [4.78, 5) is 2.56. The van der Waals surface area contributed by atoms with Gasteiger partial charge in [0.1, 0.15) is 0 Å². The smallest absolute Gasteiger partial charge is 0.0450 e. The average Bonchev–Trinajstić information content (AvgIpc) is 3.19. The minimum absolute atomic E-state index is 0.104. The van der Waals surface area contributed by atoms with Gasteiger partial charge in [0.15, 0.2) is 0 Å². The van der Waals surface area contributed by atoms with Gasteiger partial charge in [-0.15, -0.1) is 0 Å². The van der Waals surface area contributed by atoms with Gasteiger partial charge in [-0.3, -0.25) is 4.90 Å². The minimum atomic E-state index is 0.104. The lowest BCUT2D eigenvalue weighted by Crippen LogP contribution is -2.45. The molecule has 0 aromatic heterocycles. The van der Waals surface area contributed by atoms with E-state index < -0.39 is 0 Å². The van der Waals surface area contributed by atoms with Gasteiger partial charge in [0.2, 0.25) is 0 Å². The molecule has 2 atom stereocenters. The summed E-state index contributed by atoms with van der Waals surface area (Å²) in [5.74, 6) is 0.915. The molecule has 100 valence electrons. The Balaban J connectivity index is 2.04. The second-order valence-electron chi connectivity index (χ2n) is 5.91. The first-order valence-corrected chi connectivity index (χ1v) is 7.16. The summed E-state index contributed by atoms with van der Waals surface area (Å²) >= 11 is 0. The topological polar surface area (TPSA) is 29.3 Å². The van der Waals surface area contributed by atoms with Gasteiger partial charge in [0.25, 0.3) is 0 Å². The standard InChI is InChI=1S/C16H26N2/c1-12(2)18(11-14-9-10-14)13(3)16(17)15-7-5-4-6-8-15/h4-8,12-14,16H,9-11,17H2,1-3H3. The Morgan fingerprint density at radius 3 is 2.28 bits per heavy atom. The third kappa shape index (κ3) is 3.33. The molecule has 2 nitrogen and oxygen atoms in total. The van der Waals surface area contributed by atoms with E-state index in [1.165, 1.54) is 24.9 Å². The van der Waals surface area contributed by atoms with E-state index in [-0.39, 0.29) is 6.04 Å². The average molecular weight is 246 g/mol. The molecule has 0 amide bonds. The van der Waals surface area contributed by atoms with Crippen LogP contribution >= 0.6 is 0 Å². The number of rotatable bonds is 6.